The third-order valence-electron chi connectivity index (χ3n) is 4.86. The van der Waals surface area contributed by atoms with Crippen LogP contribution >= 0.6 is 0 Å². The number of aliphatic hydroxyl groups is 1. The second kappa shape index (κ2) is 9.92. The fourth-order valence-corrected chi connectivity index (χ4v) is 3.54. The highest BCUT2D eigenvalue weighted by atomic mass is 16.7. The van der Waals surface area contributed by atoms with Crippen LogP contribution in [0.3, 0.4) is 0 Å². The number of rotatable bonds is 8. The molecule has 0 bridgehead atoms. The lowest BCUT2D eigenvalue weighted by molar-refractivity contribution is -0.228. The number of hydrogen-bond donors (Lipinski definition) is 1. The molecule has 3 atom stereocenters. The van der Waals surface area contributed by atoms with Crippen molar-refractivity contribution in [1.29, 1.82) is 5.26 Å². The zero-order valence-corrected chi connectivity index (χ0v) is 20.1. The molecule has 1 N–H and O–H groups in total. The normalized spacial score (nSPS) is 22.9. The Morgan fingerprint density at radius 3 is 2.85 bits per heavy atom. The summed E-state index contributed by atoms with van der Waals surface area (Å²) in [4.78, 5) is 22.3. The summed E-state index contributed by atoms with van der Waals surface area (Å²) in [6.07, 6.45) is 0.328. The van der Waals surface area contributed by atoms with Crippen molar-refractivity contribution in [3.8, 4) is 6.07 Å². The van der Waals surface area contributed by atoms with Crippen molar-refractivity contribution >= 4 is 23.8 Å². The lowest BCUT2D eigenvalue weighted by Crippen LogP contribution is -2.48. The summed E-state index contributed by atoms with van der Waals surface area (Å²) >= 11 is 0. The van der Waals surface area contributed by atoms with Crippen LogP contribution in [0, 0.1) is 11.3 Å². The molecule has 12 nitrogen and oxygen atoms in total. The highest BCUT2D eigenvalue weighted by Crippen LogP contribution is 2.43. The Labute approximate surface area is 197 Å². The Kier molecular flexibility index (Phi) is 7.40. The monoisotopic (exact) mass is 474 g/mol. The van der Waals surface area contributed by atoms with E-state index in [4.69, 9.17) is 18.9 Å². The highest BCUT2D eigenvalue weighted by Gasteiger charge is 2.54. The Morgan fingerprint density at radius 1 is 1.50 bits per heavy atom. The molecule has 0 aromatic carbocycles. The minimum absolute atomic E-state index is 0.201. The van der Waals surface area contributed by atoms with Gasteiger partial charge in [0.25, 0.3) is 0 Å². The Morgan fingerprint density at radius 2 is 2.24 bits per heavy atom. The van der Waals surface area contributed by atoms with E-state index in [2.05, 4.69) is 21.1 Å². The van der Waals surface area contributed by atoms with Crippen LogP contribution in [0.15, 0.2) is 23.5 Å². The molecule has 0 amide bonds. The molecule has 1 saturated heterocycles. The number of nitrogens with zero attached hydrogens (tertiary/aromatic N) is 6. The smallest absolute Gasteiger partial charge is 0.432 e. The lowest BCUT2D eigenvalue weighted by atomic mass is 9.97. The summed E-state index contributed by atoms with van der Waals surface area (Å²) in [5, 5.41) is 24.6. The van der Waals surface area contributed by atoms with Crippen molar-refractivity contribution in [3.05, 3.63) is 24.2 Å². The number of hydrogen-bond acceptors (Lipinski definition) is 10. The number of ether oxygens (including phenoxy) is 4. The van der Waals surface area contributed by atoms with Gasteiger partial charge in [0.1, 0.15) is 36.7 Å². The van der Waals surface area contributed by atoms with Gasteiger partial charge in [-0.2, -0.15) is 10.4 Å². The van der Waals surface area contributed by atoms with Crippen molar-refractivity contribution in [3.63, 3.8) is 0 Å². The van der Waals surface area contributed by atoms with Gasteiger partial charge in [-0.3, -0.25) is 0 Å². The second-order valence-corrected chi connectivity index (χ2v) is 8.95. The number of aliphatic imine (C=N–C) groups is 1. The number of carbonyl (C=O) groups is 1. The summed E-state index contributed by atoms with van der Waals surface area (Å²) in [5.41, 5.74) is -0.403. The van der Waals surface area contributed by atoms with E-state index in [0.29, 0.717) is 17.0 Å². The molecule has 1 fully saturated rings. The predicted molar refractivity (Wildman–Crippen MR) is 120 cm³/mol. The first-order valence-corrected chi connectivity index (χ1v) is 10.8. The van der Waals surface area contributed by atoms with Gasteiger partial charge >= 0.3 is 6.16 Å². The molecule has 12 heteroatoms. The molecule has 3 heterocycles. The Balaban J connectivity index is 1.93. The minimum atomic E-state index is -1.68. The standard InChI is InChI=1S/C22H30N6O6/c1-14(2)32-20(29)31-11-22(10-23)18(34-21(3,4)30)9-17(33-22)15-7-8-16-19(25-13-27(5)6)24-12-26-28(15)16/h7-8,12-14,17-18,30H,9,11H2,1-6H3/t17-,18+,22-/m1/s1. The molecule has 0 saturated carbocycles. The van der Waals surface area contributed by atoms with Crippen molar-refractivity contribution in [1.82, 2.24) is 19.5 Å². The quantitative estimate of drug-likeness (QED) is 0.262. The van der Waals surface area contributed by atoms with Gasteiger partial charge < -0.3 is 29.0 Å². The van der Waals surface area contributed by atoms with Crippen LogP contribution in [0.5, 0.6) is 0 Å². The van der Waals surface area contributed by atoms with E-state index in [0.717, 1.165) is 0 Å². The first-order valence-electron chi connectivity index (χ1n) is 10.8. The second-order valence-electron chi connectivity index (χ2n) is 8.95. The summed E-state index contributed by atoms with van der Waals surface area (Å²) < 4.78 is 23.7. The molecular formula is C22H30N6O6. The van der Waals surface area contributed by atoms with Crippen LogP contribution in [-0.4, -0.2) is 81.4 Å². The fraction of sp³-hybridized carbons (Fsp3) is 0.591. The number of fused-ring (bicyclic) bond motifs is 1. The first-order chi connectivity index (χ1) is 15.9. The molecule has 2 aromatic heterocycles. The summed E-state index contributed by atoms with van der Waals surface area (Å²) in [5.74, 6) is -1.09. The molecule has 1 aliphatic rings. The molecular weight excluding hydrogens is 444 g/mol. The molecule has 3 rings (SSSR count). The van der Waals surface area contributed by atoms with Crippen molar-refractivity contribution in [2.45, 2.75) is 63.8 Å². The average molecular weight is 475 g/mol. The van der Waals surface area contributed by atoms with Gasteiger partial charge in [-0.05, 0) is 39.8 Å². The summed E-state index contributed by atoms with van der Waals surface area (Å²) in [6.45, 7) is 5.82. The molecule has 34 heavy (non-hydrogen) atoms. The van der Waals surface area contributed by atoms with E-state index in [1.807, 2.05) is 14.1 Å². The topological polar surface area (TPSA) is 144 Å². The van der Waals surface area contributed by atoms with Gasteiger partial charge in [-0.15, -0.1) is 0 Å². The Hall–Kier alpha value is -3.27. The first kappa shape index (κ1) is 25.4. The van der Waals surface area contributed by atoms with Gasteiger partial charge in [0, 0.05) is 20.5 Å². The zero-order valence-electron chi connectivity index (χ0n) is 20.1. The molecule has 0 aliphatic carbocycles. The largest absolute Gasteiger partial charge is 0.508 e. The van der Waals surface area contributed by atoms with Crippen LogP contribution in [0.25, 0.3) is 5.52 Å². The van der Waals surface area contributed by atoms with Crippen LogP contribution in [0.4, 0.5) is 10.6 Å². The Bertz CT molecular complexity index is 1090. The average Bonchev–Trinajstić information content (AvgIpc) is 3.31. The number of nitriles is 1. The molecule has 2 aromatic rings. The molecule has 0 unspecified atom stereocenters. The van der Waals surface area contributed by atoms with Crippen LogP contribution in [0.2, 0.25) is 0 Å². The number of aromatic nitrogens is 3. The van der Waals surface area contributed by atoms with Gasteiger partial charge in [0.2, 0.25) is 5.60 Å². The third kappa shape index (κ3) is 5.80. The molecule has 1 aliphatic heterocycles. The highest BCUT2D eigenvalue weighted by molar-refractivity contribution is 5.70. The van der Waals surface area contributed by atoms with E-state index in [-0.39, 0.29) is 12.5 Å². The third-order valence-corrected chi connectivity index (χ3v) is 4.86. The maximum absolute atomic E-state index is 12.0. The maximum atomic E-state index is 12.0. The molecule has 184 valence electrons. The van der Waals surface area contributed by atoms with Gasteiger partial charge in [-0.25, -0.2) is 19.3 Å². The zero-order chi connectivity index (χ0) is 25.1. The van der Waals surface area contributed by atoms with Crippen LogP contribution < -0.4 is 0 Å². The van der Waals surface area contributed by atoms with E-state index >= 15 is 0 Å². The van der Waals surface area contributed by atoms with E-state index in [9.17, 15) is 15.2 Å². The summed E-state index contributed by atoms with van der Waals surface area (Å²) in [7, 11) is 3.70. The minimum Gasteiger partial charge on any atom is -0.432 e. The van der Waals surface area contributed by atoms with Crippen LogP contribution in [-0.2, 0) is 18.9 Å². The van der Waals surface area contributed by atoms with Crippen molar-refractivity contribution in [2.24, 2.45) is 4.99 Å². The van der Waals surface area contributed by atoms with Gasteiger partial charge in [-0.1, -0.05) is 0 Å². The van der Waals surface area contributed by atoms with Gasteiger partial charge in [0.05, 0.1) is 18.1 Å². The molecule has 0 radical (unpaired) electrons. The van der Waals surface area contributed by atoms with E-state index in [1.165, 1.54) is 20.2 Å². The van der Waals surface area contributed by atoms with Gasteiger partial charge in [0.15, 0.2) is 11.6 Å². The van der Waals surface area contributed by atoms with Crippen molar-refractivity contribution < 1.29 is 28.8 Å². The molecule has 0 spiro atoms. The van der Waals surface area contributed by atoms with Crippen molar-refractivity contribution in [2.75, 3.05) is 20.7 Å². The van der Waals surface area contributed by atoms with E-state index < -0.39 is 36.4 Å². The number of carbonyl (C=O) groups excluding carboxylic acids is 1. The van der Waals surface area contributed by atoms with Crippen LogP contribution in [0.1, 0.15) is 45.9 Å². The fourth-order valence-electron chi connectivity index (χ4n) is 3.54. The summed E-state index contributed by atoms with van der Waals surface area (Å²) in [6, 6.07) is 5.68. The predicted octanol–water partition coefficient (Wildman–Crippen LogP) is 2.35. The lowest BCUT2D eigenvalue weighted by Gasteiger charge is -2.31. The SMILES string of the molecule is CC(C)OC(=O)OC[C@@]1(C#N)O[C@@H](c2ccc3c(N=CN(C)C)ncnn23)C[C@@H]1OC(C)(C)O. The maximum Gasteiger partial charge on any atom is 0.508 e. The van der Waals surface area contributed by atoms with E-state index in [1.54, 1.807) is 41.7 Å².